The van der Waals surface area contributed by atoms with Crippen molar-refractivity contribution >= 4 is 5.91 Å². The molecule has 0 radical (unpaired) electrons. The lowest BCUT2D eigenvalue weighted by Gasteiger charge is -2.40. The maximum absolute atomic E-state index is 13.4. The normalized spacial score (nSPS) is 19.6. The van der Waals surface area contributed by atoms with Gasteiger partial charge >= 0.3 is 0 Å². The second kappa shape index (κ2) is 6.02. The van der Waals surface area contributed by atoms with E-state index in [2.05, 4.69) is 4.90 Å². The predicted molar refractivity (Wildman–Crippen MR) is 77.9 cm³/mol. The molecule has 1 aromatic carbocycles. The van der Waals surface area contributed by atoms with Crippen molar-refractivity contribution in [3.05, 3.63) is 29.6 Å². The molecule has 0 aromatic heterocycles. The molecule has 2 aliphatic heterocycles. The molecule has 0 spiro atoms. The lowest BCUT2D eigenvalue weighted by Crippen LogP contribution is -2.51. The fraction of sp³-hybridized carbons (Fsp3) is 0.562. The van der Waals surface area contributed by atoms with Crippen molar-refractivity contribution in [3.8, 4) is 5.75 Å². The van der Waals surface area contributed by atoms with Gasteiger partial charge < -0.3 is 9.64 Å². The molecule has 2 heterocycles. The third-order valence-corrected chi connectivity index (χ3v) is 4.44. The number of benzene rings is 1. The van der Waals surface area contributed by atoms with Gasteiger partial charge in [-0.25, -0.2) is 4.39 Å². The van der Waals surface area contributed by atoms with Crippen LogP contribution >= 0.6 is 0 Å². The zero-order valence-electron chi connectivity index (χ0n) is 12.3. The summed E-state index contributed by atoms with van der Waals surface area (Å²) >= 11 is 0. The minimum atomic E-state index is -0.345. The van der Waals surface area contributed by atoms with Gasteiger partial charge in [0.25, 0.3) is 0 Å². The Labute approximate surface area is 124 Å². The fourth-order valence-electron chi connectivity index (χ4n) is 3.06. The predicted octanol–water partition coefficient (Wildman–Crippen LogP) is 1.86. The molecule has 114 valence electrons. The highest BCUT2D eigenvalue weighted by atomic mass is 19.1. The van der Waals surface area contributed by atoms with E-state index in [-0.39, 0.29) is 17.5 Å². The Hall–Kier alpha value is -1.62. The second-order valence-electron chi connectivity index (χ2n) is 5.87. The average molecular weight is 292 g/mol. The van der Waals surface area contributed by atoms with Crippen LogP contribution in [0.25, 0.3) is 0 Å². The standard InChI is InChI=1S/C16H21FN2O2/c1-21-15-8-12(4-5-14(15)17)13-9-19(10-13)16(20)11-18-6-2-3-7-18/h4-5,8,13H,2-3,6-7,9-11H2,1H3. The van der Waals surface area contributed by atoms with Crippen LogP contribution in [0.15, 0.2) is 18.2 Å². The smallest absolute Gasteiger partial charge is 0.236 e. The van der Waals surface area contributed by atoms with Crippen LogP contribution in [-0.2, 0) is 4.79 Å². The molecule has 21 heavy (non-hydrogen) atoms. The Morgan fingerprint density at radius 2 is 2.05 bits per heavy atom. The summed E-state index contributed by atoms with van der Waals surface area (Å²) in [5, 5.41) is 0. The minimum absolute atomic E-state index is 0.210. The molecule has 1 amide bonds. The molecule has 0 aliphatic carbocycles. The number of carbonyl (C=O) groups excluding carboxylic acids is 1. The van der Waals surface area contributed by atoms with Crippen LogP contribution in [0.3, 0.4) is 0 Å². The summed E-state index contributed by atoms with van der Waals surface area (Å²) in [6.07, 6.45) is 2.40. The average Bonchev–Trinajstić information content (AvgIpc) is 2.91. The summed E-state index contributed by atoms with van der Waals surface area (Å²) in [6, 6.07) is 4.95. The van der Waals surface area contributed by atoms with Crippen molar-refractivity contribution in [2.24, 2.45) is 0 Å². The van der Waals surface area contributed by atoms with Crippen LogP contribution in [0.1, 0.15) is 24.3 Å². The van der Waals surface area contributed by atoms with Gasteiger partial charge in [-0.2, -0.15) is 0 Å². The topological polar surface area (TPSA) is 32.8 Å². The number of methoxy groups -OCH3 is 1. The number of nitrogens with zero attached hydrogens (tertiary/aromatic N) is 2. The van der Waals surface area contributed by atoms with Crippen molar-refractivity contribution in [1.82, 2.24) is 9.80 Å². The molecule has 2 fully saturated rings. The third-order valence-electron chi connectivity index (χ3n) is 4.44. The van der Waals surface area contributed by atoms with E-state index in [0.717, 1.165) is 31.7 Å². The van der Waals surface area contributed by atoms with Crippen molar-refractivity contribution in [3.63, 3.8) is 0 Å². The number of hydrogen-bond donors (Lipinski definition) is 0. The highest BCUT2D eigenvalue weighted by Crippen LogP contribution is 2.30. The van der Waals surface area contributed by atoms with E-state index < -0.39 is 0 Å². The number of halogens is 1. The van der Waals surface area contributed by atoms with E-state index >= 15 is 0 Å². The first kappa shape index (κ1) is 14.3. The number of carbonyl (C=O) groups is 1. The lowest BCUT2D eigenvalue weighted by molar-refractivity contribution is -0.136. The summed E-state index contributed by atoms with van der Waals surface area (Å²) in [5.74, 6) is 0.432. The van der Waals surface area contributed by atoms with Crippen molar-refractivity contribution in [1.29, 1.82) is 0 Å². The zero-order valence-corrected chi connectivity index (χ0v) is 12.3. The van der Waals surface area contributed by atoms with Gasteiger partial charge in [-0.05, 0) is 43.6 Å². The van der Waals surface area contributed by atoms with E-state index in [1.54, 1.807) is 12.1 Å². The Balaban J connectivity index is 1.54. The molecule has 2 saturated heterocycles. The summed E-state index contributed by atoms with van der Waals surface area (Å²) < 4.78 is 18.4. The molecule has 2 aliphatic rings. The minimum Gasteiger partial charge on any atom is -0.494 e. The Morgan fingerprint density at radius 1 is 1.33 bits per heavy atom. The van der Waals surface area contributed by atoms with Crippen molar-refractivity contribution in [2.75, 3.05) is 39.8 Å². The molecule has 0 N–H and O–H groups in total. The molecular formula is C16H21FN2O2. The number of ether oxygens (including phenoxy) is 1. The zero-order chi connectivity index (χ0) is 14.8. The maximum Gasteiger partial charge on any atom is 0.236 e. The molecule has 1 aromatic rings. The second-order valence-corrected chi connectivity index (χ2v) is 5.87. The van der Waals surface area contributed by atoms with Crippen LogP contribution in [0.5, 0.6) is 5.75 Å². The van der Waals surface area contributed by atoms with E-state index in [4.69, 9.17) is 4.74 Å². The largest absolute Gasteiger partial charge is 0.494 e. The van der Waals surface area contributed by atoms with E-state index in [0.29, 0.717) is 12.5 Å². The van der Waals surface area contributed by atoms with Crippen molar-refractivity contribution in [2.45, 2.75) is 18.8 Å². The summed E-state index contributed by atoms with van der Waals surface area (Å²) in [4.78, 5) is 16.2. The van der Waals surface area contributed by atoms with Gasteiger partial charge in [-0.3, -0.25) is 9.69 Å². The van der Waals surface area contributed by atoms with Gasteiger partial charge in [-0.15, -0.1) is 0 Å². The van der Waals surface area contributed by atoms with Gasteiger partial charge in [0.05, 0.1) is 13.7 Å². The number of rotatable bonds is 4. The molecule has 0 saturated carbocycles. The van der Waals surface area contributed by atoms with E-state index in [1.165, 1.54) is 26.0 Å². The summed E-state index contributed by atoms with van der Waals surface area (Å²) in [7, 11) is 1.47. The van der Waals surface area contributed by atoms with Crippen molar-refractivity contribution < 1.29 is 13.9 Å². The fourth-order valence-corrected chi connectivity index (χ4v) is 3.06. The van der Waals surface area contributed by atoms with Crippen LogP contribution in [0.2, 0.25) is 0 Å². The maximum atomic E-state index is 13.4. The van der Waals surface area contributed by atoms with Crippen LogP contribution in [-0.4, -0.2) is 55.5 Å². The molecule has 3 rings (SSSR count). The highest BCUT2D eigenvalue weighted by Gasteiger charge is 2.32. The van der Waals surface area contributed by atoms with Crippen LogP contribution in [0.4, 0.5) is 4.39 Å². The molecule has 0 atom stereocenters. The summed E-state index contributed by atoms with van der Waals surface area (Å²) in [5.41, 5.74) is 1.04. The monoisotopic (exact) mass is 292 g/mol. The first-order valence-electron chi connectivity index (χ1n) is 7.51. The Kier molecular flexibility index (Phi) is 4.10. The lowest BCUT2D eigenvalue weighted by atomic mass is 9.91. The number of likely N-dealkylation sites (tertiary alicyclic amines) is 2. The third kappa shape index (κ3) is 3.02. The SMILES string of the molecule is COc1cc(C2CN(C(=O)CN3CCCC3)C2)ccc1F. The molecule has 4 nitrogen and oxygen atoms in total. The van der Waals surface area contributed by atoms with Crippen LogP contribution < -0.4 is 4.74 Å². The first-order chi connectivity index (χ1) is 10.2. The first-order valence-corrected chi connectivity index (χ1v) is 7.51. The van der Waals surface area contributed by atoms with Gasteiger partial charge in [0.15, 0.2) is 11.6 Å². The summed E-state index contributed by atoms with van der Waals surface area (Å²) in [6.45, 7) is 4.07. The number of amides is 1. The molecule has 0 unspecified atom stereocenters. The highest BCUT2D eigenvalue weighted by molar-refractivity contribution is 5.79. The molecule has 0 bridgehead atoms. The van der Waals surface area contributed by atoms with Gasteiger partial charge in [0.2, 0.25) is 5.91 Å². The van der Waals surface area contributed by atoms with Gasteiger partial charge in [0.1, 0.15) is 0 Å². The van der Waals surface area contributed by atoms with E-state index in [1.807, 2.05) is 4.90 Å². The molecular weight excluding hydrogens is 271 g/mol. The Bertz CT molecular complexity index is 523. The Morgan fingerprint density at radius 3 is 2.71 bits per heavy atom. The molecule has 5 heteroatoms. The van der Waals surface area contributed by atoms with Gasteiger partial charge in [-0.1, -0.05) is 6.07 Å². The van der Waals surface area contributed by atoms with Crippen LogP contribution in [0, 0.1) is 5.82 Å². The quantitative estimate of drug-likeness (QED) is 0.849. The van der Waals surface area contributed by atoms with Gasteiger partial charge in [0, 0.05) is 19.0 Å². The van der Waals surface area contributed by atoms with E-state index in [9.17, 15) is 9.18 Å². The number of hydrogen-bond acceptors (Lipinski definition) is 3.